The molecule has 0 aromatic heterocycles. The zero-order chi connectivity index (χ0) is 11.7. The summed E-state index contributed by atoms with van der Waals surface area (Å²) in [7, 11) is 0. The fraction of sp³-hybridized carbons (Fsp3) is 0.500. The second-order valence-corrected chi connectivity index (χ2v) is 5.05. The highest BCUT2D eigenvalue weighted by atomic mass is 15.3. The van der Waals surface area contributed by atoms with E-state index < -0.39 is 0 Å². The largest absolute Gasteiger partial charge is 0.293 e. The zero-order valence-corrected chi connectivity index (χ0v) is 9.92. The molecule has 88 valence electrons. The molecular weight excluding hydrogens is 210 g/mol. The average molecular weight is 227 g/mol. The number of likely N-dealkylation sites (tertiary alicyclic amines) is 2. The first-order valence-electron chi connectivity index (χ1n) is 6.26. The Morgan fingerprint density at radius 1 is 1.12 bits per heavy atom. The Morgan fingerprint density at radius 3 is 2.47 bits per heavy atom. The van der Waals surface area contributed by atoms with Crippen LogP contribution in [0.15, 0.2) is 30.3 Å². The summed E-state index contributed by atoms with van der Waals surface area (Å²) >= 11 is 0. The van der Waals surface area contributed by atoms with Gasteiger partial charge in [0.05, 0.1) is 12.6 Å². The topological polar surface area (TPSA) is 30.3 Å². The maximum atomic E-state index is 8.75. The second kappa shape index (κ2) is 4.48. The van der Waals surface area contributed by atoms with Gasteiger partial charge in [0.25, 0.3) is 0 Å². The van der Waals surface area contributed by atoms with Crippen molar-refractivity contribution >= 4 is 0 Å². The van der Waals surface area contributed by atoms with E-state index in [-0.39, 0.29) is 0 Å². The van der Waals surface area contributed by atoms with Gasteiger partial charge in [-0.05, 0) is 12.0 Å². The number of fused-ring (bicyclic) bond motifs is 2. The fourth-order valence-electron chi connectivity index (χ4n) is 3.13. The molecule has 0 amide bonds. The van der Waals surface area contributed by atoms with Crippen molar-refractivity contribution in [3.05, 3.63) is 35.9 Å². The third-order valence-corrected chi connectivity index (χ3v) is 3.97. The average Bonchev–Trinajstić information content (AvgIpc) is 2.90. The number of nitrogens with zero attached hydrogens (tertiary/aromatic N) is 3. The SMILES string of the molecule is N#CCN1CC2CC1CN2Cc1ccccc1. The molecule has 0 aliphatic carbocycles. The Labute approximate surface area is 102 Å². The van der Waals surface area contributed by atoms with E-state index in [1.165, 1.54) is 12.0 Å². The molecule has 2 saturated heterocycles. The van der Waals surface area contributed by atoms with E-state index in [1.807, 2.05) is 0 Å². The van der Waals surface area contributed by atoms with Crippen molar-refractivity contribution in [3.63, 3.8) is 0 Å². The van der Waals surface area contributed by atoms with E-state index in [2.05, 4.69) is 46.2 Å². The van der Waals surface area contributed by atoms with Crippen LogP contribution in [0.1, 0.15) is 12.0 Å². The minimum absolute atomic E-state index is 0.598. The van der Waals surface area contributed by atoms with E-state index in [1.54, 1.807) is 0 Å². The lowest BCUT2D eigenvalue weighted by Gasteiger charge is -2.32. The molecule has 1 aromatic carbocycles. The first-order chi connectivity index (χ1) is 8.36. The number of hydrogen-bond acceptors (Lipinski definition) is 3. The number of rotatable bonds is 3. The maximum absolute atomic E-state index is 8.75. The third-order valence-electron chi connectivity index (χ3n) is 3.97. The van der Waals surface area contributed by atoms with Gasteiger partial charge >= 0.3 is 0 Å². The molecule has 0 spiro atoms. The predicted octanol–water partition coefficient (Wildman–Crippen LogP) is 1.47. The van der Waals surface area contributed by atoms with Crippen molar-refractivity contribution < 1.29 is 0 Å². The molecule has 3 rings (SSSR count). The zero-order valence-electron chi connectivity index (χ0n) is 9.92. The van der Waals surface area contributed by atoms with E-state index in [9.17, 15) is 0 Å². The molecule has 2 heterocycles. The minimum Gasteiger partial charge on any atom is -0.293 e. The molecule has 2 atom stereocenters. The number of benzene rings is 1. The van der Waals surface area contributed by atoms with E-state index in [0.29, 0.717) is 18.6 Å². The summed E-state index contributed by atoms with van der Waals surface area (Å²) in [5.41, 5.74) is 1.40. The van der Waals surface area contributed by atoms with Gasteiger partial charge in [0.15, 0.2) is 0 Å². The van der Waals surface area contributed by atoms with Crippen molar-refractivity contribution in [2.75, 3.05) is 19.6 Å². The summed E-state index contributed by atoms with van der Waals surface area (Å²) in [4.78, 5) is 4.89. The monoisotopic (exact) mass is 227 g/mol. The first kappa shape index (κ1) is 10.8. The summed E-state index contributed by atoms with van der Waals surface area (Å²) in [6.07, 6.45) is 1.24. The maximum Gasteiger partial charge on any atom is 0.0869 e. The lowest BCUT2D eigenvalue weighted by atomic mass is 10.2. The lowest BCUT2D eigenvalue weighted by molar-refractivity contribution is 0.134. The van der Waals surface area contributed by atoms with Crippen LogP contribution < -0.4 is 0 Å². The molecule has 2 bridgehead atoms. The minimum atomic E-state index is 0.598. The van der Waals surface area contributed by atoms with Crippen molar-refractivity contribution in [2.45, 2.75) is 25.0 Å². The third kappa shape index (κ3) is 2.06. The molecule has 3 heteroatoms. The summed E-state index contributed by atoms with van der Waals surface area (Å²) in [6.45, 7) is 3.86. The summed E-state index contributed by atoms with van der Waals surface area (Å²) in [6, 6.07) is 14.2. The summed E-state index contributed by atoms with van der Waals surface area (Å²) in [5.74, 6) is 0. The van der Waals surface area contributed by atoms with Gasteiger partial charge in [-0.15, -0.1) is 0 Å². The molecule has 3 nitrogen and oxygen atoms in total. The molecule has 2 unspecified atom stereocenters. The van der Waals surface area contributed by atoms with Gasteiger partial charge in [-0.3, -0.25) is 9.80 Å². The van der Waals surface area contributed by atoms with Gasteiger partial charge in [0.1, 0.15) is 0 Å². The Morgan fingerprint density at radius 2 is 1.82 bits per heavy atom. The molecule has 0 saturated carbocycles. The fourth-order valence-corrected chi connectivity index (χ4v) is 3.13. The smallest absolute Gasteiger partial charge is 0.0869 e. The second-order valence-electron chi connectivity index (χ2n) is 5.05. The number of nitriles is 1. The molecule has 0 N–H and O–H groups in total. The first-order valence-corrected chi connectivity index (χ1v) is 6.26. The van der Waals surface area contributed by atoms with Gasteiger partial charge in [0.2, 0.25) is 0 Å². The van der Waals surface area contributed by atoms with Crippen LogP contribution in [-0.2, 0) is 6.54 Å². The van der Waals surface area contributed by atoms with Crippen LogP contribution in [-0.4, -0.2) is 41.5 Å². The predicted molar refractivity (Wildman–Crippen MR) is 66.2 cm³/mol. The quantitative estimate of drug-likeness (QED) is 0.733. The van der Waals surface area contributed by atoms with Gasteiger partial charge < -0.3 is 0 Å². The number of piperazine rings is 1. The Hall–Kier alpha value is -1.37. The van der Waals surface area contributed by atoms with Crippen molar-refractivity contribution in [1.82, 2.24) is 9.80 Å². The van der Waals surface area contributed by atoms with Gasteiger partial charge in [-0.2, -0.15) is 5.26 Å². The van der Waals surface area contributed by atoms with Crippen LogP contribution >= 0.6 is 0 Å². The van der Waals surface area contributed by atoms with Gasteiger partial charge in [-0.1, -0.05) is 30.3 Å². The lowest BCUT2D eigenvalue weighted by Crippen LogP contribution is -2.45. The molecule has 1 aromatic rings. The standard InChI is InChI=1S/C14H17N3/c15-6-7-16-10-14-8-13(16)11-17(14)9-12-4-2-1-3-5-12/h1-5,13-14H,7-11H2. The Kier molecular flexibility index (Phi) is 2.84. The van der Waals surface area contributed by atoms with Crippen molar-refractivity contribution in [1.29, 1.82) is 5.26 Å². The highest BCUT2D eigenvalue weighted by molar-refractivity contribution is 5.15. The summed E-state index contributed by atoms with van der Waals surface area (Å²) in [5, 5.41) is 8.75. The van der Waals surface area contributed by atoms with Crippen molar-refractivity contribution in [2.24, 2.45) is 0 Å². The molecule has 17 heavy (non-hydrogen) atoms. The Balaban J connectivity index is 1.62. The van der Waals surface area contributed by atoms with Crippen LogP contribution in [0.2, 0.25) is 0 Å². The van der Waals surface area contributed by atoms with Crippen LogP contribution in [0, 0.1) is 11.3 Å². The molecular formula is C14H17N3. The van der Waals surface area contributed by atoms with E-state index in [0.717, 1.165) is 19.6 Å². The highest BCUT2D eigenvalue weighted by Gasteiger charge is 2.42. The summed E-state index contributed by atoms with van der Waals surface area (Å²) < 4.78 is 0. The number of hydrogen-bond donors (Lipinski definition) is 0. The van der Waals surface area contributed by atoms with Gasteiger partial charge in [0, 0.05) is 31.7 Å². The molecule has 2 fully saturated rings. The van der Waals surface area contributed by atoms with Crippen molar-refractivity contribution in [3.8, 4) is 6.07 Å². The van der Waals surface area contributed by atoms with Crippen LogP contribution in [0.4, 0.5) is 0 Å². The van der Waals surface area contributed by atoms with Crippen LogP contribution in [0.5, 0.6) is 0 Å². The molecule has 2 aliphatic rings. The van der Waals surface area contributed by atoms with Crippen LogP contribution in [0.3, 0.4) is 0 Å². The van der Waals surface area contributed by atoms with E-state index in [4.69, 9.17) is 5.26 Å². The van der Waals surface area contributed by atoms with E-state index >= 15 is 0 Å². The highest BCUT2D eigenvalue weighted by Crippen LogP contribution is 2.31. The molecule has 0 radical (unpaired) electrons. The Bertz CT molecular complexity index is 423. The van der Waals surface area contributed by atoms with Crippen LogP contribution in [0.25, 0.3) is 0 Å². The molecule has 2 aliphatic heterocycles. The normalized spacial score (nSPS) is 28.4. The van der Waals surface area contributed by atoms with Gasteiger partial charge in [-0.25, -0.2) is 0 Å².